The predicted octanol–water partition coefficient (Wildman–Crippen LogP) is 1.06. The number of nitrogens with two attached hydrogens (primary N) is 1. The van der Waals surface area contributed by atoms with E-state index in [1.807, 2.05) is 25.1 Å². The maximum absolute atomic E-state index is 11.0. The number of hydrogen-bond donors (Lipinski definition) is 2. The summed E-state index contributed by atoms with van der Waals surface area (Å²) in [4.78, 5) is 21.9. The number of primary amides is 1. The van der Waals surface area contributed by atoms with Gasteiger partial charge in [-0.25, -0.2) is 0 Å². The van der Waals surface area contributed by atoms with Crippen molar-refractivity contribution in [3.63, 3.8) is 0 Å². The number of amides is 1. The van der Waals surface area contributed by atoms with Gasteiger partial charge in [0, 0.05) is 17.1 Å². The standard InChI is InChI=1S/C13H14N2O3/c1-8-3-2-4-10-13(8)9(5-12(17)18)6-15(10)7-11(14)16/h2-4,6H,5,7H2,1H3,(H2,14,16)(H,17,18). The summed E-state index contributed by atoms with van der Waals surface area (Å²) in [6, 6.07) is 5.65. The second-order valence-corrected chi connectivity index (χ2v) is 4.29. The lowest BCUT2D eigenvalue weighted by molar-refractivity contribution is -0.136. The molecule has 0 aliphatic heterocycles. The van der Waals surface area contributed by atoms with Gasteiger partial charge in [-0.3, -0.25) is 9.59 Å². The van der Waals surface area contributed by atoms with E-state index in [4.69, 9.17) is 10.8 Å². The number of carbonyl (C=O) groups is 2. The summed E-state index contributed by atoms with van der Waals surface area (Å²) in [5.41, 5.74) is 7.72. The number of aliphatic carboxylic acids is 1. The summed E-state index contributed by atoms with van der Waals surface area (Å²) >= 11 is 0. The van der Waals surface area contributed by atoms with Crippen molar-refractivity contribution in [2.75, 3.05) is 0 Å². The van der Waals surface area contributed by atoms with Gasteiger partial charge in [0.2, 0.25) is 5.91 Å². The van der Waals surface area contributed by atoms with E-state index < -0.39 is 11.9 Å². The molecule has 0 radical (unpaired) electrons. The SMILES string of the molecule is Cc1cccc2c1c(CC(=O)O)cn2CC(N)=O. The van der Waals surface area contributed by atoms with Crippen molar-refractivity contribution >= 4 is 22.8 Å². The average molecular weight is 246 g/mol. The average Bonchev–Trinajstić information content (AvgIpc) is 2.56. The predicted molar refractivity (Wildman–Crippen MR) is 67.2 cm³/mol. The van der Waals surface area contributed by atoms with Gasteiger partial charge in [-0.15, -0.1) is 0 Å². The van der Waals surface area contributed by atoms with Crippen LogP contribution in [-0.4, -0.2) is 21.6 Å². The quantitative estimate of drug-likeness (QED) is 0.845. The van der Waals surface area contributed by atoms with Crippen molar-refractivity contribution < 1.29 is 14.7 Å². The molecule has 0 aliphatic carbocycles. The molecule has 1 amide bonds. The van der Waals surface area contributed by atoms with E-state index in [1.54, 1.807) is 10.8 Å². The molecule has 0 aliphatic rings. The van der Waals surface area contributed by atoms with Crippen LogP contribution in [0.4, 0.5) is 0 Å². The third kappa shape index (κ3) is 2.20. The van der Waals surface area contributed by atoms with Crippen LogP contribution in [0.25, 0.3) is 10.9 Å². The molecule has 1 aromatic heterocycles. The van der Waals surface area contributed by atoms with Crippen molar-refractivity contribution in [2.45, 2.75) is 19.9 Å². The van der Waals surface area contributed by atoms with E-state index in [-0.39, 0.29) is 13.0 Å². The second-order valence-electron chi connectivity index (χ2n) is 4.29. The van der Waals surface area contributed by atoms with Gasteiger partial charge in [0.15, 0.2) is 0 Å². The Hall–Kier alpha value is -2.30. The first-order valence-electron chi connectivity index (χ1n) is 5.56. The highest BCUT2D eigenvalue weighted by Gasteiger charge is 2.13. The largest absolute Gasteiger partial charge is 0.481 e. The summed E-state index contributed by atoms with van der Waals surface area (Å²) in [7, 11) is 0. The fourth-order valence-electron chi connectivity index (χ4n) is 2.23. The Balaban J connectivity index is 2.63. The van der Waals surface area contributed by atoms with Crippen molar-refractivity contribution in [3.05, 3.63) is 35.5 Å². The smallest absolute Gasteiger partial charge is 0.307 e. The van der Waals surface area contributed by atoms with Crippen LogP contribution in [0.2, 0.25) is 0 Å². The third-order valence-corrected chi connectivity index (χ3v) is 2.86. The van der Waals surface area contributed by atoms with Gasteiger partial charge in [-0.1, -0.05) is 12.1 Å². The molecule has 0 atom stereocenters. The number of aryl methyl sites for hydroxylation is 1. The van der Waals surface area contributed by atoms with Crippen LogP contribution in [0.5, 0.6) is 0 Å². The van der Waals surface area contributed by atoms with Crippen molar-refractivity contribution in [1.29, 1.82) is 0 Å². The molecule has 0 saturated heterocycles. The monoisotopic (exact) mass is 246 g/mol. The Morgan fingerprint density at radius 2 is 2.11 bits per heavy atom. The van der Waals surface area contributed by atoms with E-state index in [0.717, 1.165) is 16.5 Å². The first kappa shape index (κ1) is 12.2. The molecule has 2 rings (SSSR count). The Morgan fingerprint density at radius 3 is 2.72 bits per heavy atom. The molecule has 0 unspecified atom stereocenters. The van der Waals surface area contributed by atoms with Crippen LogP contribution in [0.3, 0.4) is 0 Å². The highest BCUT2D eigenvalue weighted by atomic mass is 16.4. The van der Waals surface area contributed by atoms with Gasteiger partial charge in [0.25, 0.3) is 0 Å². The molecule has 1 aromatic carbocycles. The number of carbonyl (C=O) groups excluding carboxylic acids is 1. The lowest BCUT2D eigenvalue weighted by Crippen LogP contribution is -2.17. The van der Waals surface area contributed by atoms with Gasteiger partial charge in [-0.05, 0) is 24.1 Å². The molecule has 0 saturated carbocycles. The van der Waals surface area contributed by atoms with Crippen LogP contribution in [0.1, 0.15) is 11.1 Å². The molecule has 94 valence electrons. The highest BCUT2D eigenvalue weighted by molar-refractivity contribution is 5.91. The lowest BCUT2D eigenvalue weighted by atomic mass is 10.1. The zero-order valence-electron chi connectivity index (χ0n) is 10.0. The van der Waals surface area contributed by atoms with Crippen LogP contribution in [-0.2, 0) is 22.6 Å². The lowest BCUT2D eigenvalue weighted by Gasteiger charge is -2.02. The van der Waals surface area contributed by atoms with Gasteiger partial charge in [0.1, 0.15) is 6.54 Å². The number of benzene rings is 1. The maximum atomic E-state index is 11.0. The van der Waals surface area contributed by atoms with Crippen LogP contribution in [0.15, 0.2) is 24.4 Å². The number of fused-ring (bicyclic) bond motifs is 1. The molecule has 2 aromatic rings. The van der Waals surface area contributed by atoms with E-state index in [0.29, 0.717) is 5.56 Å². The molecule has 3 N–H and O–H groups in total. The van der Waals surface area contributed by atoms with Crippen LogP contribution < -0.4 is 5.73 Å². The van der Waals surface area contributed by atoms with E-state index in [2.05, 4.69) is 0 Å². The second kappa shape index (κ2) is 4.52. The van der Waals surface area contributed by atoms with Crippen molar-refractivity contribution in [2.24, 2.45) is 5.73 Å². The van der Waals surface area contributed by atoms with E-state index in [9.17, 15) is 9.59 Å². The first-order chi connectivity index (χ1) is 8.49. The third-order valence-electron chi connectivity index (χ3n) is 2.86. The van der Waals surface area contributed by atoms with Crippen LogP contribution in [0, 0.1) is 6.92 Å². The van der Waals surface area contributed by atoms with Gasteiger partial charge in [0.05, 0.1) is 6.42 Å². The summed E-state index contributed by atoms with van der Waals surface area (Å²) in [5.74, 6) is -1.34. The zero-order valence-corrected chi connectivity index (χ0v) is 10.0. The van der Waals surface area contributed by atoms with E-state index >= 15 is 0 Å². The topological polar surface area (TPSA) is 85.3 Å². The minimum atomic E-state index is -0.892. The fourth-order valence-corrected chi connectivity index (χ4v) is 2.23. The van der Waals surface area contributed by atoms with Crippen LogP contribution >= 0.6 is 0 Å². The van der Waals surface area contributed by atoms with Gasteiger partial charge in [-0.2, -0.15) is 0 Å². The Morgan fingerprint density at radius 1 is 1.39 bits per heavy atom. The molecule has 5 heteroatoms. The maximum Gasteiger partial charge on any atom is 0.307 e. The number of carboxylic acid groups (broad SMARTS) is 1. The molecule has 5 nitrogen and oxygen atoms in total. The summed E-state index contributed by atoms with van der Waals surface area (Å²) < 4.78 is 1.70. The Kier molecular flexibility index (Phi) is 3.06. The molecule has 18 heavy (non-hydrogen) atoms. The fraction of sp³-hybridized carbons (Fsp3) is 0.231. The molecule has 1 heterocycles. The van der Waals surface area contributed by atoms with Gasteiger partial charge < -0.3 is 15.4 Å². The molecule has 0 bridgehead atoms. The normalized spacial score (nSPS) is 10.7. The molecule has 0 fully saturated rings. The number of nitrogens with zero attached hydrogens (tertiary/aromatic N) is 1. The number of hydrogen-bond acceptors (Lipinski definition) is 2. The summed E-state index contributed by atoms with van der Waals surface area (Å²) in [6.45, 7) is 1.97. The summed E-state index contributed by atoms with van der Waals surface area (Å²) in [5, 5.41) is 9.80. The Bertz CT molecular complexity index is 628. The number of carboxylic acids is 1. The highest BCUT2D eigenvalue weighted by Crippen LogP contribution is 2.25. The zero-order chi connectivity index (χ0) is 13.3. The Labute approximate surface area is 104 Å². The number of aromatic nitrogens is 1. The minimum absolute atomic E-state index is 0.0551. The first-order valence-corrected chi connectivity index (χ1v) is 5.56. The minimum Gasteiger partial charge on any atom is -0.481 e. The van der Waals surface area contributed by atoms with Crippen molar-refractivity contribution in [3.8, 4) is 0 Å². The van der Waals surface area contributed by atoms with Gasteiger partial charge >= 0.3 is 5.97 Å². The molecular formula is C13H14N2O3. The summed E-state index contributed by atoms with van der Waals surface area (Å²) in [6.07, 6.45) is 1.63. The molecule has 0 spiro atoms. The molecular weight excluding hydrogens is 232 g/mol. The van der Waals surface area contributed by atoms with Crippen molar-refractivity contribution in [1.82, 2.24) is 4.57 Å². The van der Waals surface area contributed by atoms with E-state index in [1.165, 1.54) is 0 Å². The number of rotatable bonds is 4.